The Morgan fingerprint density at radius 1 is 1.62 bits per heavy atom. The Bertz CT molecular complexity index is 186. The predicted molar refractivity (Wildman–Crippen MR) is 49.1 cm³/mol. The number of carbonyl (C=O) groups is 1. The zero-order valence-electron chi connectivity index (χ0n) is 7.94. The van der Waals surface area contributed by atoms with Gasteiger partial charge in [0.2, 0.25) is 5.91 Å². The van der Waals surface area contributed by atoms with Crippen LogP contribution in [0.15, 0.2) is 0 Å². The maximum atomic E-state index is 11.2. The molecule has 1 aliphatic heterocycles. The molecule has 0 aliphatic carbocycles. The first-order chi connectivity index (χ1) is 6.13. The topological polar surface area (TPSA) is 69.8 Å². The number of nitrogens with zero attached hydrogens (tertiary/aromatic N) is 2. The van der Waals surface area contributed by atoms with E-state index in [1.54, 1.807) is 11.9 Å². The van der Waals surface area contributed by atoms with Crippen LogP contribution in [0.2, 0.25) is 0 Å². The third-order valence-corrected chi connectivity index (χ3v) is 2.28. The first-order valence-corrected chi connectivity index (χ1v) is 4.48. The van der Waals surface area contributed by atoms with E-state index in [-0.39, 0.29) is 12.5 Å². The molecule has 5 heteroatoms. The van der Waals surface area contributed by atoms with Crippen molar-refractivity contribution >= 4 is 5.91 Å². The van der Waals surface area contributed by atoms with Crippen LogP contribution in [0.1, 0.15) is 0 Å². The summed E-state index contributed by atoms with van der Waals surface area (Å²) in [6.07, 6.45) is -0.517. The van der Waals surface area contributed by atoms with Gasteiger partial charge in [-0.3, -0.25) is 9.69 Å². The van der Waals surface area contributed by atoms with Crippen molar-refractivity contribution in [1.82, 2.24) is 9.80 Å². The Labute approximate surface area is 78.1 Å². The fourth-order valence-electron chi connectivity index (χ4n) is 1.34. The molecule has 1 saturated heterocycles. The van der Waals surface area contributed by atoms with Crippen LogP contribution in [0.4, 0.5) is 0 Å². The van der Waals surface area contributed by atoms with Gasteiger partial charge < -0.3 is 15.7 Å². The standard InChI is InChI=1S/C8H17N3O2/c1-10-2-3-11(6-8(10)13)5-7(12)4-9/h7,12H,2-6,9H2,1H3. The van der Waals surface area contributed by atoms with Gasteiger partial charge in [0.1, 0.15) is 0 Å². The number of aliphatic hydroxyl groups excluding tert-OH is 1. The Morgan fingerprint density at radius 2 is 2.31 bits per heavy atom. The lowest BCUT2D eigenvalue weighted by molar-refractivity contribution is -0.134. The molecule has 76 valence electrons. The summed E-state index contributed by atoms with van der Waals surface area (Å²) >= 11 is 0. The Balaban J connectivity index is 2.33. The molecular weight excluding hydrogens is 170 g/mol. The number of rotatable bonds is 3. The monoisotopic (exact) mass is 187 g/mol. The SMILES string of the molecule is CN1CCN(CC(O)CN)CC1=O. The average Bonchev–Trinajstić information content (AvgIpc) is 2.11. The molecule has 0 aromatic rings. The van der Waals surface area contributed by atoms with Crippen molar-refractivity contribution in [2.24, 2.45) is 5.73 Å². The molecule has 1 atom stereocenters. The number of amides is 1. The zero-order chi connectivity index (χ0) is 9.84. The third-order valence-electron chi connectivity index (χ3n) is 2.28. The van der Waals surface area contributed by atoms with E-state index in [4.69, 9.17) is 5.73 Å². The minimum absolute atomic E-state index is 0.107. The van der Waals surface area contributed by atoms with Crippen molar-refractivity contribution in [2.45, 2.75) is 6.10 Å². The molecule has 1 heterocycles. The number of hydrogen-bond donors (Lipinski definition) is 2. The molecule has 3 N–H and O–H groups in total. The van der Waals surface area contributed by atoms with Gasteiger partial charge in [0, 0.05) is 33.2 Å². The summed E-state index contributed by atoms with van der Waals surface area (Å²) < 4.78 is 0. The van der Waals surface area contributed by atoms with Gasteiger partial charge in [-0.05, 0) is 0 Å². The van der Waals surface area contributed by atoms with Gasteiger partial charge in [-0.15, -0.1) is 0 Å². The van der Waals surface area contributed by atoms with E-state index < -0.39 is 6.10 Å². The summed E-state index contributed by atoms with van der Waals surface area (Å²) in [6.45, 7) is 2.69. The summed E-state index contributed by atoms with van der Waals surface area (Å²) in [7, 11) is 1.79. The average molecular weight is 187 g/mol. The fraction of sp³-hybridized carbons (Fsp3) is 0.875. The Morgan fingerprint density at radius 3 is 2.85 bits per heavy atom. The van der Waals surface area contributed by atoms with Crippen molar-refractivity contribution in [3.05, 3.63) is 0 Å². The van der Waals surface area contributed by atoms with E-state index in [0.717, 1.165) is 13.1 Å². The second kappa shape index (κ2) is 4.55. The molecule has 0 aromatic carbocycles. The first-order valence-electron chi connectivity index (χ1n) is 4.48. The summed E-state index contributed by atoms with van der Waals surface area (Å²) in [6, 6.07) is 0. The van der Waals surface area contributed by atoms with Crippen molar-refractivity contribution < 1.29 is 9.90 Å². The van der Waals surface area contributed by atoms with Gasteiger partial charge in [0.15, 0.2) is 0 Å². The highest BCUT2D eigenvalue weighted by Gasteiger charge is 2.21. The highest BCUT2D eigenvalue weighted by Crippen LogP contribution is 2.01. The number of β-amino-alcohol motifs (C(OH)–C–C–N with tert-alkyl or cyclic N) is 1. The second-order valence-electron chi connectivity index (χ2n) is 3.44. The third kappa shape index (κ3) is 2.95. The molecule has 0 radical (unpaired) electrons. The molecule has 1 fully saturated rings. The molecule has 0 aromatic heterocycles. The predicted octanol–water partition coefficient (Wildman–Crippen LogP) is -1.92. The maximum absolute atomic E-state index is 11.2. The minimum Gasteiger partial charge on any atom is -0.390 e. The van der Waals surface area contributed by atoms with Crippen LogP contribution in [0, 0.1) is 0 Å². The molecule has 0 saturated carbocycles. The van der Waals surface area contributed by atoms with Crippen LogP contribution in [0.5, 0.6) is 0 Å². The molecule has 13 heavy (non-hydrogen) atoms. The van der Waals surface area contributed by atoms with E-state index in [9.17, 15) is 9.90 Å². The Kier molecular flexibility index (Phi) is 3.65. The molecular formula is C8H17N3O2. The molecule has 0 spiro atoms. The van der Waals surface area contributed by atoms with Crippen molar-refractivity contribution in [2.75, 3.05) is 39.8 Å². The molecule has 1 aliphatic rings. The number of carbonyl (C=O) groups excluding carboxylic acids is 1. The molecule has 1 unspecified atom stereocenters. The van der Waals surface area contributed by atoms with Gasteiger partial charge in [0.25, 0.3) is 0 Å². The zero-order valence-corrected chi connectivity index (χ0v) is 7.94. The minimum atomic E-state index is -0.517. The van der Waals surface area contributed by atoms with Crippen LogP contribution >= 0.6 is 0 Å². The van der Waals surface area contributed by atoms with Crippen LogP contribution in [-0.4, -0.2) is 66.7 Å². The number of piperazine rings is 1. The maximum Gasteiger partial charge on any atom is 0.236 e. The van der Waals surface area contributed by atoms with E-state index in [1.165, 1.54) is 0 Å². The smallest absolute Gasteiger partial charge is 0.236 e. The van der Waals surface area contributed by atoms with Crippen molar-refractivity contribution in [3.63, 3.8) is 0 Å². The molecule has 5 nitrogen and oxygen atoms in total. The highest BCUT2D eigenvalue weighted by atomic mass is 16.3. The van der Waals surface area contributed by atoms with Crippen LogP contribution < -0.4 is 5.73 Å². The van der Waals surface area contributed by atoms with Crippen molar-refractivity contribution in [3.8, 4) is 0 Å². The van der Waals surface area contributed by atoms with E-state index in [2.05, 4.69) is 0 Å². The molecule has 1 rings (SSSR count). The molecule has 0 bridgehead atoms. The first kappa shape index (κ1) is 10.4. The lowest BCUT2D eigenvalue weighted by atomic mass is 10.2. The number of nitrogens with two attached hydrogens (primary N) is 1. The van der Waals surface area contributed by atoms with Gasteiger partial charge in [0.05, 0.1) is 12.6 Å². The van der Waals surface area contributed by atoms with Crippen LogP contribution in [-0.2, 0) is 4.79 Å². The van der Waals surface area contributed by atoms with E-state index in [1.807, 2.05) is 4.90 Å². The summed E-state index contributed by atoms with van der Waals surface area (Å²) in [5.74, 6) is 0.107. The lowest BCUT2D eigenvalue weighted by Gasteiger charge is -2.32. The Hall–Kier alpha value is -0.650. The second-order valence-corrected chi connectivity index (χ2v) is 3.44. The quantitative estimate of drug-likeness (QED) is 0.540. The largest absolute Gasteiger partial charge is 0.390 e. The van der Waals surface area contributed by atoms with Crippen LogP contribution in [0.3, 0.4) is 0 Å². The van der Waals surface area contributed by atoms with E-state index in [0.29, 0.717) is 13.1 Å². The highest BCUT2D eigenvalue weighted by molar-refractivity contribution is 5.78. The van der Waals surface area contributed by atoms with Gasteiger partial charge in [-0.25, -0.2) is 0 Å². The summed E-state index contributed by atoms with van der Waals surface area (Å²) in [4.78, 5) is 14.9. The van der Waals surface area contributed by atoms with Gasteiger partial charge >= 0.3 is 0 Å². The number of likely N-dealkylation sites (N-methyl/N-ethyl adjacent to an activating group) is 1. The van der Waals surface area contributed by atoms with Crippen LogP contribution in [0.25, 0.3) is 0 Å². The normalized spacial score (nSPS) is 22.1. The van der Waals surface area contributed by atoms with Gasteiger partial charge in [-0.2, -0.15) is 0 Å². The molecule has 1 amide bonds. The lowest BCUT2D eigenvalue weighted by Crippen LogP contribution is -2.51. The van der Waals surface area contributed by atoms with E-state index >= 15 is 0 Å². The van der Waals surface area contributed by atoms with Gasteiger partial charge in [-0.1, -0.05) is 0 Å². The summed E-state index contributed by atoms with van der Waals surface area (Å²) in [5, 5.41) is 9.27. The fourth-order valence-corrected chi connectivity index (χ4v) is 1.34. The summed E-state index contributed by atoms with van der Waals surface area (Å²) in [5.41, 5.74) is 5.28. The van der Waals surface area contributed by atoms with Crippen molar-refractivity contribution in [1.29, 1.82) is 0 Å². The number of aliphatic hydroxyl groups is 1. The number of hydrogen-bond acceptors (Lipinski definition) is 4.